The highest BCUT2D eigenvalue weighted by Crippen LogP contribution is 2.31. The molecule has 6 heteroatoms. The lowest BCUT2D eigenvalue weighted by Crippen LogP contribution is -2.47. The van der Waals surface area contributed by atoms with Gasteiger partial charge in [-0.2, -0.15) is 0 Å². The molecule has 98 valence electrons. The van der Waals surface area contributed by atoms with Crippen LogP contribution < -0.4 is 5.32 Å². The molecular weight excluding hydrogens is 460 g/mol. The second-order valence-electron chi connectivity index (χ2n) is 4.54. The summed E-state index contributed by atoms with van der Waals surface area (Å²) in [6.07, 6.45) is 2.45. The molecule has 1 aliphatic rings. The van der Waals surface area contributed by atoms with E-state index in [4.69, 9.17) is 0 Å². The third-order valence-electron chi connectivity index (χ3n) is 3.14. The summed E-state index contributed by atoms with van der Waals surface area (Å²) in [5.41, 5.74) is -0.491. The van der Waals surface area contributed by atoms with Crippen molar-refractivity contribution in [3.05, 3.63) is 24.8 Å². The predicted octanol–water partition coefficient (Wildman–Crippen LogP) is 2.25. The van der Waals surface area contributed by atoms with Crippen LogP contribution in [0.5, 0.6) is 5.75 Å². The van der Waals surface area contributed by atoms with Crippen molar-refractivity contribution in [2.24, 2.45) is 0 Å². The van der Waals surface area contributed by atoms with Crippen molar-refractivity contribution in [1.82, 2.24) is 5.32 Å². The first-order valence-corrected chi connectivity index (χ1v) is 7.76. The van der Waals surface area contributed by atoms with Gasteiger partial charge in [0.1, 0.15) is 5.75 Å². The monoisotopic (exact) mass is 473 g/mol. The molecule has 1 aromatic rings. The minimum absolute atomic E-state index is 0.00545. The molecule has 0 aliphatic heterocycles. The molecule has 0 unspecified atom stereocenters. The van der Waals surface area contributed by atoms with Gasteiger partial charge in [-0.1, -0.05) is 0 Å². The average Bonchev–Trinajstić information content (AvgIpc) is 2.28. The molecule has 2 rings (SSSR count). The molecule has 0 atom stereocenters. The van der Waals surface area contributed by atoms with E-state index in [0.29, 0.717) is 3.57 Å². The summed E-state index contributed by atoms with van der Waals surface area (Å²) in [4.78, 5) is 12.0. The lowest BCUT2D eigenvalue weighted by Gasteiger charge is -2.36. The first-order valence-electron chi connectivity index (χ1n) is 5.60. The standard InChI is InChI=1S/C12H13I2NO3/c13-7-4-8(10(16)9(14)5-7)11(17)15-6-12(18)2-1-3-12/h4-5,16,18H,1-3,6H2,(H,15,17). The van der Waals surface area contributed by atoms with E-state index in [-0.39, 0.29) is 23.8 Å². The number of halogens is 2. The fourth-order valence-corrected chi connectivity index (χ4v) is 3.69. The first-order chi connectivity index (χ1) is 8.41. The molecule has 4 nitrogen and oxygen atoms in total. The van der Waals surface area contributed by atoms with Crippen LogP contribution in [0.15, 0.2) is 12.1 Å². The van der Waals surface area contributed by atoms with Gasteiger partial charge in [-0.05, 0) is 76.6 Å². The van der Waals surface area contributed by atoms with Gasteiger partial charge in [-0.25, -0.2) is 0 Å². The smallest absolute Gasteiger partial charge is 0.255 e. The summed E-state index contributed by atoms with van der Waals surface area (Å²) in [7, 11) is 0. The zero-order valence-electron chi connectivity index (χ0n) is 9.54. The highest BCUT2D eigenvalue weighted by molar-refractivity contribution is 14.1. The number of benzene rings is 1. The topological polar surface area (TPSA) is 69.6 Å². The third-order valence-corrected chi connectivity index (χ3v) is 4.58. The second-order valence-corrected chi connectivity index (χ2v) is 6.95. The highest BCUT2D eigenvalue weighted by Gasteiger charge is 2.34. The Balaban J connectivity index is 2.09. The van der Waals surface area contributed by atoms with Crippen LogP contribution in [0, 0.1) is 7.14 Å². The Kier molecular flexibility index (Phi) is 4.37. The molecule has 0 spiro atoms. The van der Waals surface area contributed by atoms with E-state index in [1.54, 1.807) is 12.1 Å². The summed E-state index contributed by atoms with van der Waals surface area (Å²) in [6, 6.07) is 3.44. The Hall–Kier alpha value is -0.0900. The van der Waals surface area contributed by atoms with Crippen molar-refractivity contribution < 1.29 is 15.0 Å². The van der Waals surface area contributed by atoms with E-state index in [9.17, 15) is 15.0 Å². The molecule has 0 saturated heterocycles. The quantitative estimate of drug-likeness (QED) is 0.591. The number of amides is 1. The summed E-state index contributed by atoms with van der Waals surface area (Å²) >= 11 is 4.09. The summed E-state index contributed by atoms with van der Waals surface area (Å²) in [5.74, 6) is -0.349. The van der Waals surface area contributed by atoms with Gasteiger partial charge in [0.05, 0.1) is 14.7 Å². The van der Waals surface area contributed by atoms with Gasteiger partial charge in [0.15, 0.2) is 0 Å². The van der Waals surface area contributed by atoms with Gasteiger partial charge in [-0.15, -0.1) is 0 Å². The summed E-state index contributed by atoms with van der Waals surface area (Å²) < 4.78 is 1.54. The Morgan fingerprint density at radius 1 is 1.39 bits per heavy atom. The van der Waals surface area contributed by atoms with E-state index in [1.807, 2.05) is 22.6 Å². The number of phenolic OH excluding ortho intramolecular Hbond substituents is 1. The van der Waals surface area contributed by atoms with Gasteiger partial charge in [-0.3, -0.25) is 4.79 Å². The van der Waals surface area contributed by atoms with Crippen molar-refractivity contribution in [2.75, 3.05) is 6.54 Å². The van der Waals surface area contributed by atoms with E-state index < -0.39 is 5.60 Å². The van der Waals surface area contributed by atoms with Crippen LogP contribution in [0.2, 0.25) is 0 Å². The zero-order valence-corrected chi connectivity index (χ0v) is 13.9. The maximum Gasteiger partial charge on any atom is 0.255 e. The zero-order chi connectivity index (χ0) is 13.3. The second kappa shape index (κ2) is 5.49. The summed E-state index contributed by atoms with van der Waals surface area (Å²) in [6.45, 7) is 0.243. The van der Waals surface area contributed by atoms with Crippen LogP contribution in [0.25, 0.3) is 0 Å². The molecule has 1 fully saturated rings. The lowest BCUT2D eigenvalue weighted by molar-refractivity contribution is -0.0300. The fourth-order valence-electron chi connectivity index (χ4n) is 1.84. The lowest BCUT2D eigenvalue weighted by atomic mass is 9.80. The SMILES string of the molecule is O=C(NCC1(O)CCC1)c1cc(I)cc(I)c1O. The van der Waals surface area contributed by atoms with Crippen molar-refractivity contribution >= 4 is 51.1 Å². The molecule has 3 N–H and O–H groups in total. The molecule has 0 aromatic heterocycles. The van der Waals surface area contributed by atoms with Crippen molar-refractivity contribution in [3.63, 3.8) is 0 Å². The molecule has 0 bridgehead atoms. The largest absolute Gasteiger partial charge is 0.506 e. The van der Waals surface area contributed by atoms with Crippen molar-refractivity contribution in [3.8, 4) is 5.75 Å². The maximum atomic E-state index is 12.0. The van der Waals surface area contributed by atoms with Gasteiger partial charge >= 0.3 is 0 Å². The van der Waals surface area contributed by atoms with Crippen LogP contribution in [0.3, 0.4) is 0 Å². The van der Waals surface area contributed by atoms with E-state index in [2.05, 4.69) is 27.9 Å². The number of aliphatic hydroxyl groups is 1. The molecule has 0 radical (unpaired) electrons. The normalized spacial score (nSPS) is 17.1. The van der Waals surface area contributed by atoms with Crippen LogP contribution in [-0.4, -0.2) is 28.3 Å². The van der Waals surface area contributed by atoms with Gasteiger partial charge in [0, 0.05) is 10.1 Å². The maximum absolute atomic E-state index is 12.0. The average molecular weight is 473 g/mol. The Morgan fingerprint density at radius 2 is 2.06 bits per heavy atom. The van der Waals surface area contributed by atoms with E-state index in [0.717, 1.165) is 22.8 Å². The van der Waals surface area contributed by atoms with Crippen molar-refractivity contribution in [1.29, 1.82) is 0 Å². The van der Waals surface area contributed by atoms with Gasteiger partial charge in [0.2, 0.25) is 0 Å². The number of nitrogens with one attached hydrogen (secondary N) is 1. The Labute approximate surface area is 132 Å². The van der Waals surface area contributed by atoms with Crippen LogP contribution in [0.1, 0.15) is 29.6 Å². The summed E-state index contributed by atoms with van der Waals surface area (Å²) in [5, 5.41) is 22.4. The number of carbonyl (C=O) groups is 1. The van der Waals surface area contributed by atoms with E-state index >= 15 is 0 Å². The van der Waals surface area contributed by atoms with Gasteiger partial charge in [0.25, 0.3) is 5.91 Å². The molecule has 1 aliphatic carbocycles. The van der Waals surface area contributed by atoms with Gasteiger partial charge < -0.3 is 15.5 Å². The molecule has 1 saturated carbocycles. The Bertz CT molecular complexity index is 486. The van der Waals surface area contributed by atoms with Crippen LogP contribution >= 0.6 is 45.2 Å². The number of rotatable bonds is 3. The molecular formula is C12H13I2NO3. The van der Waals surface area contributed by atoms with E-state index in [1.165, 1.54) is 0 Å². The Morgan fingerprint density at radius 3 is 2.61 bits per heavy atom. The minimum Gasteiger partial charge on any atom is -0.506 e. The van der Waals surface area contributed by atoms with Crippen LogP contribution in [-0.2, 0) is 0 Å². The number of aromatic hydroxyl groups is 1. The molecule has 1 aromatic carbocycles. The predicted molar refractivity (Wildman–Crippen MR) is 84.7 cm³/mol. The third kappa shape index (κ3) is 3.08. The van der Waals surface area contributed by atoms with Crippen molar-refractivity contribution in [2.45, 2.75) is 24.9 Å². The number of hydrogen-bond donors (Lipinski definition) is 3. The first kappa shape index (κ1) is 14.3. The number of hydrogen-bond acceptors (Lipinski definition) is 3. The number of phenols is 1. The highest BCUT2D eigenvalue weighted by atomic mass is 127. The van der Waals surface area contributed by atoms with Crippen LogP contribution in [0.4, 0.5) is 0 Å². The molecule has 18 heavy (non-hydrogen) atoms. The fraction of sp³-hybridized carbons (Fsp3) is 0.417. The number of carbonyl (C=O) groups excluding carboxylic acids is 1. The molecule has 0 heterocycles. The molecule has 1 amide bonds. The minimum atomic E-state index is -0.750.